The largest absolute Gasteiger partial charge is 0.492 e. The second-order valence-corrected chi connectivity index (χ2v) is 6.91. The molecule has 1 aliphatic carbocycles. The molecule has 3 aliphatic heterocycles. The van der Waals surface area contributed by atoms with Gasteiger partial charge in [-0.25, -0.2) is 4.79 Å². The predicted octanol–water partition coefficient (Wildman–Crippen LogP) is 1.05. The van der Waals surface area contributed by atoms with E-state index in [4.69, 9.17) is 18.9 Å². The van der Waals surface area contributed by atoms with Gasteiger partial charge in [0.25, 0.3) is 0 Å². The molecule has 0 radical (unpaired) electrons. The quantitative estimate of drug-likeness (QED) is 0.602. The van der Waals surface area contributed by atoms with Gasteiger partial charge in [0.1, 0.15) is 17.8 Å². The average Bonchev–Trinajstić information content (AvgIpc) is 3.20. The van der Waals surface area contributed by atoms with E-state index in [-0.39, 0.29) is 18.8 Å². The van der Waals surface area contributed by atoms with Crippen molar-refractivity contribution < 1.29 is 28.8 Å². The van der Waals surface area contributed by atoms with Crippen LogP contribution < -0.4 is 14.2 Å². The van der Waals surface area contributed by atoms with Crippen molar-refractivity contribution >= 4 is 5.97 Å². The highest BCUT2D eigenvalue weighted by atomic mass is 16.7. The first-order valence-corrected chi connectivity index (χ1v) is 8.40. The van der Waals surface area contributed by atoms with Crippen LogP contribution in [-0.4, -0.2) is 61.7 Å². The molecule has 132 valence electrons. The Bertz CT molecular complexity index is 803. The zero-order valence-electron chi connectivity index (χ0n) is 14.0. The Kier molecular flexibility index (Phi) is 3.08. The minimum absolute atomic E-state index is 0.0883. The zero-order valence-corrected chi connectivity index (χ0v) is 14.0. The topological polar surface area (TPSA) is 77.5 Å². The summed E-state index contributed by atoms with van der Waals surface area (Å²) in [6.07, 6.45) is 1.33. The highest BCUT2D eigenvalue weighted by Crippen LogP contribution is 2.53. The van der Waals surface area contributed by atoms with Gasteiger partial charge in [-0.3, -0.25) is 4.90 Å². The molecule has 5 rings (SSSR count). The third-order valence-corrected chi connectivity index (χ3v) is 5.68. The molecule has 0 aromatic heterocycles. The minimum atomic E-state index is -0.809. The summed E-state index contributed by atoms with van der Waals surface area (Å²) in [5, 5.41) is 10.5. The minimum Gasteiger partial charge on any atom is -0.492 e. The molecule has 3 heterocycles. The molecule has 0 bridgehead atoms. The Balaban J connectivity index is 1.75. The van der Waals surface area contributed by atoms with Crippen LogP contribution in [0.3, 0.4) is 0 Å². The van der Waals surface area contributed by atoms with Crippen molar-refractivity contribution in [2.24, 2.45) is 0 Å². The van der Waals surface area contributed by atoms with Crippen LogP contribution in [0.15, 0.2) is 17.7 Å². The fraction of sp³-hybridized carbons (Fsp3) is 0.500. The monoisotopic (exact) mass is 345 g/mol. The Labute approximate surface area is 144 Å². The maximum atomic E-state index is 12.7. The number of carbonyl (C=O) groups is 1. The summed E-state index contributed by atoms with van der Waals surface area (Å²) in [6.45, 7) is 1.01. The van der Waals surface area contributed by atoms with Crippen LogP contribution in [-0.2, 0) is 4.74 Å². The van der Waals surface area contributed by atoms with E-state index in [1.54, 1.807) is 0 Å². The molecule has 1 N–H and O–H groups in total. The van der Waals surface area contributed by atoms with E-state index < -0.39 is 18.2 Å². The van der Waals surface area contributed by atoms with Gasteiger partial charge < -0.3 is 24.1 Å². The summed E-state index contributed by atoms with van der Waals surface area (Å²) in [5.41, 5.74) is 2.37. The molecular formula is C18H19NO6. The number of likely N-dealkylation sites (tertiary alicyclic amines) is 1. The van der Waals surface area contributed by atoms with Crippen LogP contribution in [0.5, 0.6) is 17.2 Å². The third kappa shape index (κ3) is 1.90. The maximum absolute atomic E-state index is 12.7. The number of carbonyl (C=O) groups excluding carboxylic acids is 1. The molecular weight excluding hydrogens is 326 g/mol. The molecule has 1 aromatic carbocycles. The van der Waals surface area contributed by atoms with Crippen LogP contribution >= 0.6 is 0 Å². The molecule has 0 saturated carbocycles. The van der Waals surface area contributed by atoms with Gasteiger partial charge >= 0.3 is 5.97 Å². The van der Waals surface area contributed by atoms with Crippen molar-refractivity contribution in [3.8, 4) is 17.2 Å². The molecule has 1 fully saturated rings. The molecule has 25 heavy (non-hydrogen) atoms. The van der Waals surface area contributed by atoms with Crippen LogP contribution in [0, 0.1) is 0 Å². The van der Waals surface area contributed by atoms with Gasteiger partial charge in [-0.2, -0.15) is 0 Å². The van der Waals surface area contributed by atoms with E-state index in [0.29, 0.717) is 22.8 Å². The molecule has 4 atom stereocenters. The number of hydrogen-bond donors (Lipinski definition) is 1. The summed E-state index contributed by atoms with van der Waals surface area (Å²) >= 11 is 0. The van der Waals surface area contributed by atoms with Crippen LogP contribution in [0.25, 0.3) is 0 Å². The third-order valence-electron chi connectivity index (χ3n) is 5.68. The number of aliphatic hydroxyl groups is 1. The molecule has 7 heteroatoms. The summed E-state index contributed by atoms with van der Waals surface area (Å²) < 4.78 is 22.1. The van der Waals surface area contributed by atoms with Gasteiger partial charge in [0.2, 0.25) is 12.5 Å². The zero-order chi connectivity index (χ0) is 17.3. The molecule has 7 nitrogen and oxygen atoms in total. The van der Waals surface area contributed by atoms with Gasteiger partial charge in [-0.05, 0) is 25.1 Å². The number of likely N-dealkylation sites (N-methyl/N-ethyl adjacent to an activating group) is 1. The summed E-state index contributed by atoms with van der Waals surface area (Å²) in [4.78, 5) is 14.9. The number of rotatable bonds is 1. The van der Waals surface area contributed by atoms with Gasteiger partial charge in [-0.1, -0.05) is 11.6 Å². The Morgan fingerprint density at radius 2 is 2.20 bits per heavy atom. The van der Waals surface area contributed by atoms with Crippen molar-refractivity contribution in [2.75, 3.05) is 27.5 Å². The maximum Gasteiger partial charge on any atom is 0.342 e. The van der Waals surface area contributed by atoms with Crippen molar-refractivity contribution in [3.05, 3.63) is 28.8 Å². The summed E-state index contributed by atoms with van der Waals surface area (Å²) in [7, 11) is 3.56. The number of aliphatic hydroxyl groups excluding tert-OH is 1. The molecule has 1 saturated heterocycles. The van der Waals surface area contributed by atoms with E-state index in [2.05, 4.69) is 11.9 Å². The number of benzene rings is 1. The van der Waals surface area contributed by atoms with E-state index in [0.717, 1.165) is 18.5 Å². The lowest BCUT2D eigenvalue weighted by Gasteiger charge is -2.43. The number of methoxy groups -OCH3 is 1. The van der Waals surface area contributed by atoms with Crippen molar-refractivity contribution in [1.82, 2.24) is 4.90 Å². The number of ether oxygens (including phenoxy) is 4. The first-order valence-electron chi connectivity index (χ1n) is 8.40. The van der Waals surface area contributed by atoms with Crippen molar-refractivity contribution in [1.29, 1.82) is 0 Å². The van der Waals surface area contributed by atoms with E-state index >= 15 is 0 Å². The van der Waals surface area contributed by atoms with Gasteiger partial charge in [0.15, 0.2) is 11.5 Å². The number of hydrogen-bond acceptors (Lipinski definition) is 7. The highest BCUT2D eigenvalue weighted by molar-refractivity contribution is 5.98. The Morgan fingerprint density at radius 3 is 3.00 bits per heavy atom. The first kappa shape index (κ1) is 15.0. The summed E-state index contributed by atoms with van der Waals surface area (Å²) in [6, 6.07) is 1.94. The smallest absolute Gasteiger partial charge is 0.342 e. The van der Waals surface area contributed by atoms with Gasteiger partial charge in [0, 0.05) is 18.5 Å². The highest BCUT2D eigenvalue weighted by Gasteiger charge is 2.51. The van der Waals surface area contributed by atoms with Crippen LogP contribution in [0.1, 0.15) is 28.3 Å². The lowest BCUT2D eigenvalue weighted by Crippen LogP contribution is -2.50. The van der Waals surface area contributed by atoms with Gasteiger partial charge in [0.05, 0.1) is 7.11 Å². The summed E-state index contributed by atoms with van der Waals surface area (Å²) in [5.74, 6) is 0.681. The molecule has 4 unspecified atom stereocenters. The first-order chi connectivity index (χ1) is 12.1. The number of esters is 1. The standard InChI is InChI=1S/C18H19NO6/c1-19-4-3-8-5-10(20)15-12(14(8)19)9-6-11-16(24-7-23-11)17(22-2)13(9)18(21)25-15/h5-6,10,12,14-15,20H,3-4,7H2,1-2H3. The lowest BCUT2D eigenvalue weighted by atomic mass is 9.73. The second-order valence-electron chi connectivity index (χ2n) is 6.91. The molecule has 0 amide bonds. The van der Waals surface area contributed by atoms with Crippen molar-refractivity contribution in [2.45, 2.75) is 30.6 Å². The number of fused-ring (bicyclic) bond motifs is 6. The lowest BCUT2D eigenvalue weighted by molar-refractivity contribution is -0.0340. The molecule has 4 aliphatic rings. The predicted molar refractivity (Wildman–Crippen MR) is 86.2 cm³/mol. The Hall–Kier alpha value is -2.25. The van der Waals surface area contributed by atoms with Gasteiger partial charge in [-0.15, -0.1) is 0 Å². The van der Waals surface area contributed by atoms with E-state index in [1.807, 2.05) is 12.1 Å². The second kappa shape index (κ2) is 5.12. The van der Waals surface area contributed by atoms with E-state index in [1.165, 1.54) is 12.7 Å². The van der Waals surface area contributed by atoms with Crippen LogP contribution in [0.4, 0.5) is 0 Å². The fourth-order valence-electron chi connectivity index (χ4n) is 4.64. The average molecular weight is 345 g/mol. The van der Waals surface area contributed by atoms with E-state index in [9.17, 15) is 9.90 Å². The normalized spacial score (nSPS) is 32.4. The molecule has 1 aromatic rings. The SMILES string of the molecule is COc1c2c(cc3c1C(=O)OC1C(O)C=C4CCN(C)C4C31)OCO2. The Morgan fingerprint density at radius 1 is 1.36 bits per heavy atom. The molecule has 0 spiro atoms. The van der Waals surface area contributed by atoms with Crippen LogP contribution in [0.2, 0.25) is 0 Å². The number of nitrogens with zero attached hydrogens (tertiary/aromatic N) is 1. The van der Waals surface area contributed by atoms with Crippen molar-refractivity contribution in [3.63, 3.8) is 0 Å². The fourth-order valence-corrected chi connectivity index (χ4v) is 4.64.